The molecule has 0 bridgehead atoms. The average molecular weight is 225 g/mol. The standard InChI is InChI=1S/C10H14FN3.C2H6/c1-6(2)13-9-5-7(3)4-8(11)10(9)14-12;1-2/h4-6,12-13H,1-3H3;1-2H3. The van der Waals surface area contributed by atoms with Gasteiger partial charge in [0.2, 0.25) is 0 Å². The highest BCUT2D eigenvalue weighted by molar-refractivity contribution is 5.67. The maximum Gasteiger partial charge on any atom is 0.153 e. The van der Waals surface area contributed by atoms with Crippen molar-refractivity contribution in [2.75, 3.05) is 5.32 Å². The van der Waals surface area contributed by atoms with Crippen LogP contribution in [0.3, 0.4) is 0 Å². The Morgan fingerprint density at radius 1 is 1.31 bits per heavy atom. The molecule has 0 amide bonds. The summed E-state index contributed by atoms with van der Waals surface area (Å²) in [5.74, 6) is -0.455. The number of aryl methyl sites for hydroxylation is 1. The van der Waals surface area contributed by atoms with Crippen molar-refractivity contribution in [3.8, 4) is 0 Å². The zero-order valence-corrected chi connectivity index (χ0v) is 10.6. The lowest BCUT2D eigenvalue weighted by molar-refractivity contribution is 0.626. The first kappa shape index (κ1) is 14.6. The van der Waals surface area contributed by atoms with E-state index < -0.39 is 5.82 Å². The second-order valence-corrected chi connectivity index (χ2v) is 3.55. The zero-order chi connectivity index (χ0) is 12.7. The van der Waals surface area contributed by atoms with Crippen molar-refractivity contribution in [1.29, 1.82) is 5.53 Å². The fourth-order valence-electron chi connectivity index (χ4n) is 1.27. The van der Waals surface area contributed by atoms with Crippen LogP contribution in [0, 0.1) is 18.3 Å². The van der Waals surface area contributed by atoms with Crippen molar-refractivity contribution in [3.63, 3.8) is 0 Å². The zero-order valence-electron chi connectivity index (χ0n) is 10.6. The lowest BCUT2D eigenvalue weighted by atomic mass is 10.1. The van der Waals surface area contributed by atoms with Crippen molar-refractivity contribution >= 4 is 11.4 Å². The lowest BCUT2D eigenvalue weighted by Crippen LogP contribution is -2.10. The van der Waals surface area contributed by atoms with Crippen LogP contribution >= 0.6 is 0 Å². The minimum absolute atomic E-state index is 0.0734. The molecule has 2 N–H and O–H groups in total. The first-order valence-corrected chi connectivity index (χ1v) is 5.48. The summed E-state index contributed by atoms with van der Waals surface area (Å²) >= 11 is 0. The van der Waals surface area contributed by atoms with Gasteiger partial charge in [0.15, 0.2) is 5.82 Å². The number of nitrogens with one attached hydrogen (secondary N) is 2. The Labute approximate surface area is 96.6 Å². The van der Waals surface area contributed by atoms with Crippen LogP contribution < -0.4 is 5.32 Å². The molecule has 0 spiro atoms. The van der Waals surface area contributed by atoms with E-state index in [0.29, 0.717) is 5.69 Å². The lowest BCUT2D eigenvalue weighted by Gasteiger charge is -2.13. The molecule has 0 radical (unpaired) electrons. The Hall–Kier alpha value is -1.45. The van der Waals surface area contributed by atoms with E-state index in [2.05, 4.69) is 10.4 Å². The molecule has 1 aromatic rings. The predicted octanol–water partition coefficient (Wildman–Crippen LogP) is 4.64. The predicted molar refractivity (Wildman–Crippen MR) is 66.1 cm³/mol. The van der Waals surface area contributed by atoms with Crippen molar-refractivity contribution in [2.45, 2.75) is 40.7 Å². The molecule has 1 rings (SSSR count). The molecule has 0 saturated carbocycles. The highest BCUT2D eigenvalue weighted by Crippen LogP contribution is 2.29. The molecular formula is C12H20FN3. The van der Waals surface area contributed by atoms with Gasteiger partial charge in [-0.15, -0.1) is 0 Å². The molecule has 0 aliphatic heterocycles. The number of hydrogen-bond acceptors (Lipinski definition) is 3. The second-order valence-electron chi connectivity index (χ2n) is 3.55. The minimum atomic E-state index is -0.455. The molecule has 90 valence electrons. The molecule has 0 atom stereocenters. The van der Waals surface area contributed by atoms with E-state index in [1.807, 2.05) is 34.6 Å². The molecule has 0 heterocycles. The number of nitrogens with zero attached hydrogens (tertiary/aromatic N) is 1. The van der Waals surface area contributed by atoms with Gasteiger partial charge >= 0.3 is 0 Å². The maximum atomic E-state index is 13.3. The van der Waals surface area contributed by atoms with E-state index in [-0.39, 0.29) is 11.7 Å². The Morgan fingerprint density at radius 3 is 2.31 bits per heavy atom. The van der Waals surface area contributed by atoms with Crippen LogP contribution in [0.1, 0.15) is 33.3 Å². The second kappa shape index (κ2) is 6.93. The summed E-state index contributed by atoms with van der Waals surface area (Å²) in [7, 11) is 0. The molecule has 4 heteroatoms. The number of benzene rings is 1. The van der Waals surface area contributed by atoms with E-state index in [1.54, 1.807) is 6.07 Å². The summed E-state index contributed by atoms with van der Waals surface area (Å²) in [6.07, 6.45) is 0. The van der Waals surface area contributed by atoms with Crippen LogP contribution in [-0.4, -0.2) is 6.04 Å². The van der Waals surface area contributed by atoms with E-state index >= 15 is 0 Å². The van der Waals surface area contributed by atoms with Crippen molar-refractivity contribution < 1.29 is 4.39 Å². The third-order valence-corrected chi connectivity index (χ3v) is 1.76. The number of anilines is 1. The molecule has 0 aliphatic carbocycles. The minimum Gasteiger partial charge on any atom is -0.381 e. The normalized spacial score (nSPS) is 9.44. The summed E-state index contributed by atoms with van der Waals surface area (Å²) in [6.45, 7) is 9.71. The van der Waals surface area contributed by atoms with Gasteiger partial charge in [-0.1, -0.05) is 13.8 Å². The van der Waals surface area contributed by atoms with Crippen LogP contribution in [0.2, 0.25) is 0 Å². The first-order valence-electron chi connectivity index (χ1n) is 5.48. The van der Waals surface area contributed by atoms with Crippen LogP contribution in [0.15, 0.2) is 17.2 Å². The summed E-state index contributed by atoms with van der Waals surface area (Å²) in [4.78, 5) is 0. The van der Waals surface area contributed by atoms with E-state index in [9.17, 15) is 4.39 Å². The topological polar surface area (TPSA) is 48.2 Å². The number of hydrogen-bond donors (Lipinski definition) is 2. The van der Waals surface area contributed by atoms with Gasteiger partial charge < -0.3 is 5.32 Å². The van der Waals surface area contributed by atoms with Gasteiger partial charge in [0.25, 0.3) is 0 Å². The van der Waals surface area contributed by atoms with Crippen LogP contribution in [0.25, 0.3) is 0 Å². The van der Waals surface area contributed by atoms with Crippen LogP contribution in [-0.2, 0) is 0 Å². The van der Waals surface area contributed by atoms with E-state index in [1.165, 1.54) is 6.07 Å². The summed E-state index contributed by atoms with van der Waals surface area (Å²) in [5, 5.41) is 6.23. The van der Waals surface area contributed by atoms with Gasteiger partial charge in [-0.05, 0) is 38.5 Å². The van der Waals surface area contributed by atoms with E-state index in [4.69, 9.17) is 5.53 Å². The van der Waals surface area contributed by atoms with Gasteiger partial charge in [-0.25, -0.2) is 9.92 Å². The van der Waals surface area contributed by atoms with Gasteiger partial charge in [-0.2, -0.15) is 5.11 Å². The Kier molecular flexibility index (Phi) is 6.30. The van der Waals surface area contributed by atoms with Crippen LogP contribution in [0.5, 0.6) is 0 Å². The highest BCUT2D eigenvalue weighted by Gasteiger charge is 2.09. The molecule has 0 aromatic heterocycles. The Balaban J connectivity index is 0.00000106. The third-order valence-electron chi connectivity index (χ3n) is 1.76. The molecule has 0 saturated heterocycles. The van der Waals surface area contributed by atoms with Crippen molar-refractivity contribution in [2.24, 2.45) is 5.11 Å². The van der Waals surface area contributed by atoms with Gasteiger partial charge in [0.1, 0.15) is 5.69 Å². The monoisotopic (exact) mass is 225 g/mol. The Morgan fingerprint density at radius 2 is 1.88 bits per heavy atom. The summed E-state index contributed by atoms with van der Waals surface area (Å²) in [5.41, 5.74) is 8.35. The SMILES string of the molecule is CC.Cc1cc(F)c(N=N)c(NC(C)C)c1. The highest BCUT2D eigenvalue weighted by atomic mass is 19.1. The van der Waals surface area contributed by atoms with Gasteiger partial charge in [0.05, 0.1) is 5.69 Å². The quantitative estimate of drug-likeness (QED) is 0.723. The van der Waals surface area contributed by atoms with Gasteiger partial charge in [0, 0.05) is 6.04 Å². The molecule has 1 aromatic carbocycles. The number of halogens is 1. The fourth-order valence-corrected chi connectivity index (χ4v) is 1.27. The summed E-state index contributed by atoms with van der Waals surface area (Å²) in [6, 6.07) is 3.35. The average Bonchev–Trinajstić information content (AvgIpc) is 2.19. The largest absolute Gasteiger partial charge is 0.381 e. The molecule has 0 unspecified atom stereocenters. The molecular weight excluding hydrogens is 205 g/mol. The smallest absolute Gasteiger partial charge is 0.153 e. The Bertz CT molecular complexity index is 348. The molecule has 0 fully saturated rings. The van der Waals surface area contributed by atoms with Crippen molar-refractivity contribution in [1.82, 2.24) is 0 Å². The summed E-state index contributed by atoms with van der Waals surface area (Å²) < 4.78 is 13.3. The molecule has 3 nitrogen and oxygen atoms in total. The molecule has 0 aliphatic rings. The first-order chi connectivity index (χ1) is 7.54. The molecule has 16 heavy (non-hydrogen) atoms. The van der Waals surface area contributed by atoms with Crippen LogP contribution in [0.4, 0.5) is 15.8 Å². The van der Waals surface area contributed by atoms with Crippen molar-refractivity contribution in [3.05, 3.63) is 23.5 Å². The maximum absolute atomic E-state index is 13.3. The van der Waals surface area contributed by atoms with Gasteiger partial charge in [-0.3, -0.25) is 0 Å². The third kappa shape index (κ3) is 3.96. The fraction of sp³-hybridized carbons (Fsp3) is 0.500. The van der Waals surface area contributed by atoms with E-state index in [0.717, 1.165) is 5.56 Å². The number of rotatable bonds is 3.